The summed E-state index contributed by atoms with van der Waals surface area (Å²) in [4.78, 5) is 13.4. The van der Waals surface area contributed by atoms with E-state index < -0.39 is 0 Å². The van der Waals surface area contributed by atoms with E-state index in [-0.39, 0.29) is 11.8 Å². The number of furan rings is 1. The van der Waals surface area contributed by atoms with Crippen LogP contribution < -0.4 is 5.32 Å². The predicted molar refractivity (Wildman–Crippen MR) is 78.3 cm³/mol. The van der Waals surface area contributed by atoms with E-state index in [0.717, 1.165) is 24.2 Å². The molecule has 1 heterocycles. The smallest absolute Gasteiger partial charge is 0.317 e. The molecule has 0 aliphatic rings. The van der Waals surface area contributed by atoms with E-state index in [1.807, 2.05) is 12.1 Å². The molecule has 1 aromatic heterocycles. The Morgan fingerprint density at radius 2 is 2.19 bits per heavy atom. The molecular weight excluding hydrogens is 271 g/mol. The average molecular weight is 290 g/mol. The van der Waals surface area contributed by atoms with Crippen LogP contribution in [0.2, 0.25) is 0 Å². The van der Waals surface area contributed by atoms with Crippen molar-refractivity contribution in [3.05, 3.63) is 59.8 Å². The van der Waals surface area contributed by atoms with E-state index in [2.05, 4.69) is 5.32 Å². The number of amides is 2. The number of nitrogens with one attached hydrogen (secondary N) is 1. The fourth-order valence-electron chi connectivity index (χ4n) is 2.02. The van der Waals surface area contributed by atoms with E-state index in [1.54, 1.807) is 30.3 Å². The van der Waals surface area contributed by atoms with Gasteiger partial charge in [0.05, 0.1) is 12.8 Å². The number of halogens is 1. The number of benzene rings is 1. The van der Waals surface area contributed by atoms with Crippen molar-refractivity contribution in [3.8, 4) is 0 Å². The van der Waals surface area contributed by atoms with Crippen molar-refractivity contribution >= 4 is 6.03 Å². The summed E-state index contributed by atoms with van der Waals surface area (Å²) in [6.45, 7) is 0.987. The molecule has 4 nitrogen and oxygen atoms in total. The highest BCUT2D eigenvalue weighted by Gasteiger charge is 2.09. The number of urea groups is 1. The third kappa shape index (κ3) is 4.95. The Bertz CT molecular complexity index is 569. The fourth-order valence-corrected chi connectivity index (χ4v) is 2.02. The van der Waals surface area contributed by atoms with Gasteiger partial charge in [0.1, 0.15) is 11.6 Å². The molecule has 21 heavy (non-hydrogen) atoms. The molecular formula is C16H19FN2O2. The van der Waals surface area contributed by atoms with Crippen LogP contribution in [0.3, 0.4) is 0 Å². The maximum atomic E-state index is 13.0. The maximum absolute atomic E-state index is 13.0. The van der Waals surface area contributed by atoms with Gasteiger partial charge < -0.3 is 14.6 Å². The molecule has 0 saturated heterocycles. The Balaban J connectivity index is 1.67. The molecule has 0 atom stereocenters. The molecule has 2 rings (SSSR count). The Morgan fingerprint density at radius 1 is 1.33 bits per heavy atom. The van der Waals surface area contributed by atoms with Crippen LogP contribution in [0.1, 0.15) is 17.7 Å². The van der Waals surface area contributed by atoms with Gasteiger partial charge in [-0.3, -0.25) is 0 Å². The number of aryl methyl sites for hydroxylation is 1. The lowest BCUT2D eigenvalue weighted by Gasteiger charge is -2.16. The van der Waals surface area contributed by atoms with E-state index >= 15 is 0 Å². The second kappa shape index (κ2) is 7.47. The summed E-state index contributed by atoms with van der Waals surface area (Å²) in [5, 5.41) is 2.83. The standard InChI is InChI=1S/C16H19FN2O2/c1-19(12-15-8-4-10-21-15)16(20)18-9-3-6-13-5-2-7-14(17)11-13/h2,4-5,7-8,10-11H,3,6,9,12H2,1H3,(H,18,20). The number of nitrogens with zero attached hydrogens (tertiary/aromatic N) is 1. The highest BCUT2D eigenvalue weighted by atomic mass is 19.1. The van der Waals surface area contributed by atoms with Gasteiger partial charge in [-0.05, 0) is 42.7 Å². The topological polar surface area (TPSA) is 45.5 Å². The Hall–Kier alpha value is -2.30. The van der Waals surface area contributed by atoms with Crippen molar-refractivity contribution in [3.63, 3.8) is 0 Å². The Kier molecular flexibility index (Phi) is 5.37. The van der Waals surface area contributed by atoms with Crippen molar-refractivity contribution in [2.45, 2.75) is 19.4 Å². The van der Waals surface area contributed by atoms with Crippen LogP contribution >= 0.6 is 0 Å². The molecule has 0 fully saturated rings. The van der Waals surface area contributed by atoms with Crippen LogP contribution in [0, 0.1) is 5.82 Å². The summed E-state index contributed by atoms with van der Waals surface area (Å²) in [6.07, 6.45) is 3.09. The summed E-state index contributed by atoms with van der Waals surface area (Å²) in [7, 11) is 1.71. The van der Waals surface area contributed by atoms with E-state index in [9.17, 15) is 9.18 Å². The zero-order valence-corrected chi connectivity index (χ0v) is 12.0. The first-order valence-corrected chi connectivity index (χ1v) is 6.91. The van der Waals surface area contributed by atoms with Gasteiger partial charge in [-0.1, -0.05) is 12.1 Å². The normalized spacial score (nSPS) is 10.4. The number of rotatable bonds is 6. The number of carbonyl (C=O) groups is 1. The van der Waals surface area contributed by atoms with Crippen LogP contribution in [0.25, 0.3) is 0 Å². The lowest BCUT2D eigenvalue weighted by atomic mass is 10.1. The van der Waals surface area contributed by atoms with Crippen molar-refractivity contribution in [1.82, 2.24) is 10.2 Å². The lowest BCUT2D eigenvalue weighted by molar-refractivity contribution is 0.203. The zero-order valence-electron chi connectivity index (χ0n) is 12.0. The fraction of sp³-hybridized carbons (Fsp3) is 0.312. The van der Waals surface area contributed by atoms with Crippen LogP contribution in [0.15, 0.2) is 47.1 Å². The summed E-state index contributed by atoms with van der Waals surface area (Å²) in [5.74, 6) is 0.516. The zero-order chi connectivity index (χ0) is 15.1. The molecule has 0 spiro atoms. The van der Waals surface area contributed by atoms with Crippen molar-refractivity contribution in [2.24, 2.45) is 0 Å². The van der Waals surface area contributed by atoms with Crippen LogP contribution in [0.5, 0.6) is 0 Å². The van der Waals surface area contributed by atoms with Gasteiger partial charge in [0.2, 0.25) is 0 Å². The van der Waals surface area contributed by atoms with Gasteiger partial charge in [0, 0.05) is 13.6 Å². The average Bonchev–Trinajstić information content (AvgIpc) is 2.96. The molecule has 2 amide bonds. The van der Waals surface area contributed by atoms with Gasteiger partial charge in [-0.15, -0.1) is 0 Å². The number of hydrogen-bond donors (Lipinski definition) is 1. The van der Waals surface area contributed by atoms with Crippen molar-refractivity contribution < 1.29 is 13.6 Å². The molecule has 5 heteroatoms. The van der Waals surface area contributed by atoms with Gasteiger partial charge >= 0.3 is 6.03 Å². The van der Waals surface area contributed by atoms with Crippen LogP contribution in [-0.2, 0) is 13.0 Å². The second-order valence-corrected chi connectivity index (χ2v) is 4.90. The van der Waals surface area contributed by atoms with Crippen molar-refractivity contribution in [1.29, 1.82) is 0 Å². The molecule has 0 aliphatic carbocycles. The van der Waals surface area contributed by atoms with Gasteiger partial charge in [-0.2, -0.15) is 0 Å². The molecule has 0 unspecified atom stereocenters. The summed E-state index contributed by atoms with van der Waals surface area (Å²) >= 11 is 0. The maximum Gasteiger partial charge on any atom is 0.317 e. The summed E-state index contributed by atoms with van der Waals surface area (Å²) in [6, 6.07) is 9.99. The highest BCUT2D eigenvalue weighted by molar-refractivity contribution is 5.73. The first kappa shape index (κ1) is 15.1. The van der Waals surface area contributed by atoms with Gasteiger partial charge in [0.25, 0.3) is 0 Å². The quantitative estimate of drug-likeness (QED) is 0.830. The third-order valence-corrected chi connectivity index (χ3v) is 3.13. The van der Waals surface area contributed by atoms with Crippen molar-refractivity contribution in [2.75, 3.05) is 13.6 Å². The Labute approximate surface area is 123 Å². The molecule has 1 N–H and O–H groups in total. The largest absolute Gasteiger partial charge is 0.467 e. The number of carbonyl (C=O) groups excluding carboxylic acids is 1. The summed E-state index contributed by atoms with van der Waals surface area (Å²) in [5.41, 5.74) is 0.938. The minimum absolute atomic E-state index is 0.148. The second-order valence-electron chi connectivity index (χ2n) is 4.90. The monoisotopic (exact) mass is 290 g/mol. The molecule has 0 radical (unpaired) electrons. The van der Waals surface area contributed by atoms with E-state index in [1.165, 1.54) is 12.1 Å². The summed E-state index contributed by atoms with van der Waals surface area (Å²) < 4.78 is 18.2. The predicted octanol–water partition coefficient (Wildman–Crippen LogP) is 3.19. The number of hydrogen-bond acceptors (Lipinski definition) is 2. The minimum atomic E-state index is -0.227. The van der Waals surface area contributed by atoms with Crippen LogP contribution in [-0.4, -0.2) is 24.5 Å². The van der Waals surface area contributed by atoms with Crippen LogP contribution in [0.4, 0.5) is 9.18 Å². The minimum Gasteiger partial charge on any atom is -0.467 e. The molecule has 0 bridgehead atoms. The lowest BCUT2D eigenvalue weighted by Crippen LogP contribution is -2.37. The first-order valence-electron chi connectivity index (χ1n) is 6.91. The Morgan fingerprint density at radius 3 is 2.90 bits per heavy atom. The SMILES string of the molecule is CN(Cc1ccco1)C(=O)NCCCc1cccc(F)c1. The first-order chi connectivity index (χ1) is 10.1. The molecule has 0 aliphatic heterocycles. The van der Waals surface area contributed by atoms with Gasteiger partial charge in [0.15, 0.2) is 0 Å². The third-order valence-electron chi connectivity index (χ3n) is 3.13. The molecule has 2 aromatic rings. The molecule has 112 valence electrons. The molecule has 0 saturated carbocycles. The van der Waals surface area contributed by atoms with E-state index in [0.29, 0.717) is 13.1 Å². The highest BCUT2D eigenvalue weighted by Crippen LogP contribution is 2.06. The van der Waals surface area contributed by atoms with Gasteiger partial charge in [-0.25, -0.2) is 9.18 Å². The van der Waals surface area contributed by atoms with E-state index in [4.69, 9.17) is 4.42 Å². The molecule has 1 aromatic carbocycles.